The molecule has 1 aromatic heterocycles. The molecule has 0 spiro atoms. The van der Waals surface area contributed by atoms with Crippen LogP contribution in [0.1, 0.15) is 42.1 Å². The van der Waals surface area contributed by atoms with E-state index in [1.165, 1.54) is 11.3 Å². The van der Waals surface area contributed by atoms with E-state index in [2.05, 4.69) is 4.98 Å². The van der Waals surface area contributed by atoms with Crippen molar-refractivity contribution in [1.82, 2.24) is 4.98 Å². The smallest absolute Gasteiger partial charge is 0.277 e. The SMILES string of the molecule is CC(C)(C)C(C=O)c1cccc2sc(C(N)=O)nc12. The van der Waals surface area contributed by atoms with Gasteiger partial charge < -0.3 is 10.5 Å². The van der Waals surface area contributed by atoms with Crippen LogP contribution in [0.3, 0.4) is 0 Å². The van der Waals surface area contributed by atoms with Crippen molar-refractivity contribution in [2.24, 2.45) is 11.1 Å². The largest absolute Gasteiger partial charge is 0.364 e. The fourth-order valence-electron chi connectivity index (χ4n) is 2.07. The van der Waals surface area contributed by atoms with Gasteiger partial charge in [-0.2, -0.15) is 0 Å². The van der Waals surface area contributed by atoms with Gasteiger partial charge in [-0.3, -0.25) is 4.79 Å². The number of aromatic nitrogens is 1. The average Bonchev–Trinajstić information content (AvgIpc) is 2.72. The summed E-state index contributed by atoms with van der Waals surface area (Å²) in [6, 6.07) is 5.65. The molecule has 0 radical (unpaired) electrons. The highest BCUT2D eigenvalue weighted by atomic mass is 32.1. The van der Waals surface area contributed by atoms with Crippen molar-refractivity contribution in [3.05, 3.63) is 28.8 Å². The third kappa shape index (κ3) is 2.51. The molecule has 2 rings (SSSR count). The van der Waals surface area contributed by atoms with E-state index in [0.29, 0.717) is 5.52 Å². The number of fused-ring (bicyclic) bond motifs is 1. The Bertz CT molecular complexity index is 640. The van der Waals surface area contributed by atoms with Crippen molar-refractivity contribution in [3.63, 3.8) is 0 Å². The minimum absolute atomic E-state index is 0.202. The Kier molecular flexibility index (Phi) is 3.41. The Labute approximate surface area is 115 Å². The third-order valence-electron chi connectivity index (χ3n) is 3.07. The second-order valence-corrected chi connectivity index (χ2v) is 6.59. The van der Waals surface area contributed by atoms with Gasteiger partial charge in [-0.25, -0.2) is 4.98 Å². The van der Waals surface area contributed by atoms with Gasteiger partial charge in [-0.15, -0.1) is 11.3 Å². The molecule has 1 atom stereocenters. The fraction of sp³-hybridized carbons (Fsp3) is 0.357. The first-order valence-electron chi connectivity index (χ1n) is 5.99. The maximum atomic E-state index is 11.4. The highest BCUT2D eigenvalue weighted by Crippen LogP contribution is 2.37. The van der Waals surface area contributed by atoms with Gasteiger partial charge in [-0.05, 0) is 17.0 Å². The first-order valence-corrected chi connectivity index (χ1v) is 6.81. The van der Waals surface area contributed by atoms with Gasteiger partial charge in [0.1, 0.15) is 6.29 Å². The van der Waals surface area contributed by atoms with Gasteiger partial charge in [0.15, 0.2) is 5.01 Å². The number of nitrogens with zero attached hydrogens (tertiary/aromatic N) is 1. The third-order valence-corrected chi connectivity index (χ3v) is 4.10. The molecule has 2 aromatic rings. The predicted octanol–water partition coefficient (Wildman–Crippen LogP) is 2.72. The summed E-state index contributed by atoms with van der Waals surface area (Å²) < 4.78 is 0.877. The van der Waals surface area contributed by atoms with E-state index >= 15 is 0 Å². The lowest BCUT2D eigenvalue weighted by atomic mass is 9.77. The van der Waals surface area contributed by atoms with Crippen LogP contribution in [0, 0.1) is 5.41 Å². The summed E-state index contributed by atoms with van der Waals surface area (Å²) in [7, 11) is 0. The number of hydrogen-bond acceptors (Lipinski definition) is 4. The molecule has 5 heteroatoms. The monoisotopic (exact) mass is 276 g/mol. The van der Waals surface area contributed by atoms with Gasteiger partial charge in [0, 0.05) is 5.92 Å². The molecule has 1 amide bonds. The highest BCUT2D eigenvalue weighted by Gasteiger charge is 2.28. The topological polar surface area (TPSA) is 73.1 Å². The minimum atomic E-state index is -0.537. The molecule has 4 nitrogen and oxygen atoms in total. The van der Waals surface area contributed by atoms with E-state index in [1.807, 2.05) is 39.0 Å². The number of thiazole rings is 1. The number of primary amides is 1. The number of benzene rings is 1. The summed E-state index contributed by atoms with van der Waals surface area (Å²) in [6.45, 7) is 6.02. The molecule has 0 aliphatic carbocycles. The van der Waals surface area contributed by atoms with E-state index in [1.54, 1.807) is 0 Å². The van der Waals surface area contributed by atoms with Crippen molar-refractivity contribution < 1.29 is 9.59 Å². The standard InChI is InChI=1S/C14H16N2O2S/c1-14(2,3)9(7-17)8-5-4-6-10-11(8)16-13(19-10)12(15)18/h4-7,9H,1-3H3,(H2,15,18). The van der Waals surface area contributed by atoms with Gasteiger partial charge in [-0.1, -0.05) is 32.9 Å². The predicted molar refractivity (Wildman–Crippen MR) is 76.4 cm³/mol. The number of amides is 1. The van der Waals surface area contributed by atoms with Crippen LogP contribution < -0.4 is 5.73 Å². The number of nitrogens with two attached hydrogens (primary N) is 1. The normalized spacial score (nSPS) is 13.4. The van der Waals surface area contributed by atoms with Crippen molar-refractivity contribution >= 4 is 33.7 Å². The van der Waals surface area contributed by atoms with Crippen LogP contribution in [0.2, 0.25) is 0 Å². The summed E-state index contributed by atoms with van der Waals surface area (Å²) in [5.74, 6) is -0.801. The summed E-state index contributed by atoms with van der Waals surface area (Å²) in [6.07, 6.45) is 0.943. The van der Waals surface area contributed by atoms with Crippen molar-refractivity contribution in [1.29, 1.82) is 0 Å². The van der Waals surface area contributed by atoms with E-state index in [0.717, 1.165) is 16.5 Å². The number of para-hydroxylation sites is 1. The molecule has 1 unspecified atom stereocenters. The Morgan fingerprint density at radius 1 is 1.42 bits per heavy atom. The zero-order chi connectivity index (χ0) is 14.2. The van der Waals surface area contributed by atoms with Gasteiger partial charge in [0.2, 0.25) is 0 Å². The van der Waals surface area contributed by atoms with E-state index in [-0.39, 0.29) is 16.3 Å². The van der Waals surface area contributed by atoms with Crippen molar-refractivity contribution in [2.45, 2.75) is 26.7 Å². The van der Waals surface area contributed by atoms with E-state index in [9.17, 15) is 9.59 Å². The minimum Gasteiger partial charge on any atom is -0.364 e. The van der Waals surface area contributed by atoms with Crippen LogP contribution in [0.25, 0.3) is 10.2 Å². The molecule has 0 saturated carbocycles. The molecule has 1 aromatic carbocycles. The van der Waals surface area contributed by atoms with Crippen LogP contribution >= 0.6 is 11.3 Å². The zero-order valence-electron chi connectivity index (χ0n) is 11.1. The Balaban J connectivity index is 2.66. The first-order chi connectivity index (χ1) is 8.84. The molecule has 19 heavy (non-hydrogen) atoms. The molecule has 0 fully saturated rings. The zero-order valence-corrected chi connectivity index (χ0v) is 12.0. The molecule has 100 valence electrons. The highest BCUT2D eigenvalue weighted by molar-refractivity contribution is 7.20. The second kappa shape index (κ2) is 4.74. The Morgan fingerprint density at radius 2 is 2.11 bits per heavy atom. The lowest BCUT2D eigenvalue weighted by molar-refractivity contribution is -0.110. The number of rotatable bonds is 3. The number of carbonyl (C=O) groups excluding carboxylic acids is 2. The molecule has 1 heterocycles. The van der Waals surface area contributed by atoms with Gasteiger partial charge in [0.25, 0.3) is 5.91 Å². The summed E-state index contributed by atoms with van der Waals surface area (Å²) in [4.78, 5) is 26.9. The molecule has 0 aliphatic rings. The van der Waals surface area contributed by atoms with Crippen LogP contribution in [-0.2, 0) is 4.79 Å². The maximum absolute atomic E-state index is 11.4. The van der Waals surface area contributed by atoms with Crippen molar-refractivity contribution in [3.8, 4) is 0 Å². The van der Waals surface area contributed by atoms with E-state index < -0.39 is 5.91 Å². The van der Waals surface area contributed by atoms with E-state index in [4.69, 9.17) is 5.73 Å². The molecular weight excluding hydrogens is 260 g/mol. The van der Waals surface area contributed by atoms with Crippen LogP contribution in [0.5, 0.6) is 0 Å². The molecule has 2 N–H and O–H groups in total. The van der Waals surface area contributed by atoms with Crippen LogP contribution in [-0.4, -0.2) is 17.2 Å². The van der Waals surface area contributed by atoms with Crippen LogP contribution in [0.4, 0.5) is 0 Å². The summed E-state index contributed by atoms with van der Waals surface area (Å²) >= 11 is 1.26. The average molecular weight is 276 g/mol. The number of hydrogen-bond donors (Lipinski definition) is 1. The fourth-order valence-corrected chi connectivity index (χ4v) is 2.92. The Hall–Kier alpha value is -1.75. The number of aldehydes is 1. The lowest BCUT2D eigenvalue weighted by Gasteiger charge is -2.26. The second-order valence-electron chi connectivity index (χ2n) is 5.56. The summed E-state index contributed by atoms with van der Waals surface area (Å²) in [5.41, 5.74) is 6.61. The lowest BCUT2D eigenvalue weighted by Crippen LogP contribution is -2.20. The molecule has 0 saturated heterocycles. The van der Waals surface area contributed by atoms with Gasteiger partial charge in [0.05, 0.1) is 10.2 Å². The van der Waals surface area contributed by atoms with Crippen molar-refractivity contribution in [2.75, 3.05) is 0 Å². The quantitative estimate of drug-likeness (QED) is 0.876. The summed E-state index contributed by atoms with van der Waals surface area (Å²) in [5, 5.41) is 0.279. The molecule has 0 bridgehead atoms. The first kappa shape index (κ1) is 13.7. The molecule has 0 aliphatic heterocycles. The number of carbonyl (C=O) groups is 2. The molecular formula is C14H16N2O2S. The van der Waals surface area contributed by atoms with Crippen LogP contribution in [0.15, 0.2) is 18.2 Å². The maximum Gasteiger partial charge on any atom is 0.277 e. The Morgan fingerprint density at radius 3 is 2.63 bits per heavy atom. The van der Waals surface area contributed by atoms with Gasteiger partial charge >= 0.3 is 0 Å².